The van der Waals surface area contributed by atoms with E-state index in [2.05, 4.69) is 17.4 Å². The molecule has 0 unspecified atom stereocenters. The Labute approximate surface area is 125 Å². The first kappa shape index (κ1) is 13.1. The standard InChI is InChI=1S/C17H22N2O2/c20-17(19-9-14-7-18-8-15(14)10-19)11-21-16-5-4-12-2-1-3-13(12)6-16/h4-6,14-15,18H,1-3,7-11H2/t14-,15+. The minimum Gasteiger partial charge on any atom is -0.484 e. The zero-order chi connectivity index (χ0) is 14.2. The van der Waals surface area contributed by atoms with Gasteiger partial charge in [0.2, 0.25) is 0 Å². The maximum Gasteiger partial charge on any atom is 0.260 e. The first-order valence-corrected chi connectivity index (χ1v) is 8.03. The molecule has 2 atom stereocenters. The second kappa shape index (κ2) is 5.34. The number of nitrogens with zero attached hydrogens (tertiary/aromatic N) is 1. The summed E-state index contributed by atoms with van der Waals surface area (Å²) in [5.74, 6) is 2.26. The third kappa shape index (κ3) is 2.53. The lowest BCUT2D eigenvalue weighted by Gasteiger charge is -2.18. The summed E-state index contributed by atoms with van der Waals surface area (Å²) in [4.78, 5) is 14.2. The largest absolute Gasteiger partial charge is 0.484 e. The Balaban J connectivity index is 1.33. The van der Waals surface area contributed by atoms with Crippen LogP contribution in [0.2, 0.25) is 0 Å². The molecule has 1 aromatic carbocycles. The van der Waals surface area contributed by atoms with E-state index in [1.165, 1.54) is 24.0 Å². The van der Waals surface area contributed by atoms with E-state index in [0.717, 1.165) is 38.3 Å². The number of amides is 1. The molecule has 0 radical (unpaired) electrons. The number of nitrogens with one attached hydrogen (secondary N) is 1. The Kier molecular flexibility index (Phi) is 3.34. The SMILES string of the molecule is O=C(COc1ccc2c(c1)CCC2)N1C[C@H]2CNC[C@H]2C1. The number of hydrogen-bond donors (Lipinski definition) is 1. The molecule has 0 aromatic heterocycles. The summed E-state index contributed by atoms with van der Waals surface area (Å²) in [5, 5.41) is 3.40. The molecule has 1 N–H and O–H groups in total. The fourth-order valence-electron chi connectivity index (χ4n) is 3.93. The molecule has 4 rings (SSSR count). The first-order chi connectivity index (χ1) is 10.3. The van der Waals surface area contributed by atoms with Gasteiger partial charge in [-0.15, -0.1) is 0 Å². The summed E-state index contributed by atoms with van der Waals surface area (Å²) in [5.41, 5.74) is 2.83. The summed E-state index contributed by atoms with van der Waals surface area (Å²) in [7, 11) is 0. The van der Waals surface area contributed by atoms with E-state index < -0.39 is 0 Å². The van der Waals surface area contributed by atoms with Gasteiger partial charge >= 0.3 is 0 Å². The van der Waals surface area contributed by atoms with Gasteiger partial charge in [-0.2, -0.15) is 0 Å². The molecule has 2 saturated heterocycles. The number of benzene rings is 1. The minimum atomic E-state index is 0.130. The zero-order valence-corrected chi connectivity index (χ0v) is 12.3. The van der Waals surface area contributed by atoms with Crippen LogP contribution < -0.4 is 10.1 Å². The lowest BCUT2D eigenvalue weighted by molar-refractivity contribution is -0.132. The lowest BCUT2D eigenvalue weighted by atomic mass is 10.0. The fourth-order valence-corrected chi connectivity index (χ4v) is 3.93. The smallest absolute Gasteiger partial charge is 0.260 e. The van der Waals surface area contributed by atoms with Gasteiger partial charge in [-0.05, 0) is 54.4 Å². The normalized spacial score (nSPS) is 26.8. The van der Waals surface area contributed by atoms with E-state index in [1.807, 2.05) is 11.0 Å². The topological polar surface area (TPSA) is 41.6 Å². The summed E-state index contributed by atoms with van der Waals surface area (Å²) >= 11 is 0. The molecule has 0 bridgehead atoms. The number of carbonyl (C=O) groups excluding carboxylic acids is 1. The number of likely N-dealkylation sites (tertiary alicyclic amines) is 1. The second-order valence-electron chi connectivity index (χ2n) is 6.55. The van der Waals surface area contributed by atoms with E-state index in [-0.39, 0.29) is 12.5 Å². The molecule has 21 heavy (non-hydrogen) atoms. The van der Waals surface area contributed by atoms with Crippen molar-refractivity contribution >= 4 is 5.91 Å². The van der Waals surface area contributed by atoms with Gasteiger partial charge in [-0.25, -0.2) is 0 Å². The Hall–Kier alpha value is -1.55. The van der Waals surface area contributed by atoms with E-state index >= 15 is 0 Å². The van der Waals surface area contributed by atoms with Crippen LogP contribution in [0.1, 0.15) is 17.5 Å². The van der Waals surface area contributed by atoms with Crippen LogP contribution in [-0.4, -0.2) is 43.6 Å². The minimum absolute atomic E-state index is 0.130. The van der Waals surface area contributed by atoms with Gasteiger partial charge < -0.3 is 15.0 Å². The number of hydrogen-bond acceptors (Lipinski definition) is 3. The van der Waals surface area contributed by atoms with Gasteiger partial charge in [0.25, 0.3) is 5.91 Å². The third-order valence-electron chi connectivity index (χ3n) is 5.17. The molecular weight excluding hydrogens is 264 g/mol. The Morgan fingerprint density at radius 3 is 2.76 bits per heavy atom. The van der Waals surface area contributed by atoms with Crippen molar-refractivity contribution in [1.82, 2.24) is 10.2 Å². The van der Waals surface area contributed by atoms with Crippen molar-refractivity contribution in [3.63, 3.8) is 0 Å². The number of ether oxygens (including phenoxy) is 1. The predicted molar refractivity (Wildman–Crippen MR) is 80.4 cm³/mol. The second-order valence-corrected chi connectivity index (χ2v) is 6.55. The first-order valence-electron chi connectivity index (χ1n) is 8.03. The molecule has 2 heterocycles. The average molecular weight is 286 g/mol. The van der Waals surface area contributed by atoms with Crippen LogP contribution >= 0.6 is 0 Å². The zero-order valence-electron chi connectivity index (χ0n) is 12.3. The van der Waals surface area contributed by atoms with Crippen molar-refractivity contribution in [3.05, 3.63) is 29.3 Å². The molecule has 0 saturated carbocycles. The number of aryl methyl sites for hydroxylation is 2. The van der Waals surface area contributed by atoms with E-state index in [0.29, 0.717) is 11.8 Å². The Bertz CT molecular complexity index is 546. The molecule has 1 aromatic rings. The van der Waals surface area contributed by atoms with Gasteiger partial charge in [0.05, 0.1) is 0 Å². The van der Waals surface area contributed by atoms with Crippen molar-refractivity contribution in [3.8, 4) is 5.75 Å². The highest BCUT2D eigenvalue weighted by molar-refractivity contribution is 5.78. The van der Waals surface area contributed by atoms with E-state index in [9.17, 15) is 4.79 Å². The lowest BCUT2D eigenvalue weighted by Crippen LogP contribution is -2.35. The number of fused-ring (bicyclic) bond motifs is 2. The molecule has 1 amide bonds. The van der Waals surface area contributed by atoms with Gasteiger partial charge in [0.1, 0.15) is 5.75 Å². The molecule has 0 spiro atoms. The molecule has 4 heteroatoms. The van der Waals surface area contributed by atoms with Crippen molar-refractivity contribution < 1.29 is 9.53 Å². The fraction of sp³-hybridized carbons (Fsp3) is 0.588. The maximum absolute atomic E-state index is 12.3. The number of carbonyl (C=O) groups is 1. The van der Waals surface area contributed by atoms with Crippen LogP contribution in [0.4, 0.5) is 0 Å². The van der Waals surface area contributed by atoms with Crippen LogP contribution in [0, 0.1) is 11.8 Å². The average Bonchev–Trinajstić information content (AvgIpc) is 3.18. The van der Waals surface area contributed by atoms with E-state index in [4.69, 9.17) is 4.74 Å². The summed E-state index contributed by atoms with van der Waals surface area (Å²) < 4.78 is 5.72. The number of rotatable bonds is 3. The molecule has 2 fully saturated rings. The quantitative estimate of drug-likeness (QED) is 0.909. The third-order valence-corrected chi connectivity index (χ3v) is 5.17. The maximum atomic E-state index is 12.3. The highest BCUT2D eigenvalue weighted by Crippen LogP contribution is 2.27. The van der Waals surface area contributed by atoms with Crippen molar-refractivity contribution in [2.45, 2.75) is 19.3 Å². The van der Waals surface area contributed by atoms with Crippen molar-refractivity contribution in [1.29, 1.82) is 0 Å². The summed E-state index contributed by atoms with van der Waals surface area (Å²) in [6.07, 6.45) is 3.56. The van der Waals surface area contributed by atoms with E-state index in [1.54, 1.807) is 0 Å². The van der Waals surface area contributed by atoms with Gasteiger partial charge in [-0.3, -0.25) is 4.79 Å². The molecule has 112 valence electrons. The van der Waals surface area contributed by atoms with Crippen LogP contribution in [-0.2, 0) is 17.6 Å². The predicted octanol–water partition coefficient (Wildman–Crippen LogP) is 1.23. The highest BCUT2D eigenvalue weighted by Gasteiger charge is 2.37. The molecular formula is C17H22N2O2. The summed E-state index contributed by atoms with van der Waals surface area (Å²) in [6, 6.07) is 6.26. The molecule has 4 nitrogen and oxygen atoms in total. The van der Waals surface area contributed by atoms with Gasteiger partial charge in [0.15, 0.2) is 6.61 Å². The Morgan fingerprint density at radius 2 is 1.95 bits per heavy atom. The molecule has 2 aliphatic heterocycles. The van der Waals surface area contributed by atoms with Gasteiger partial charge in [0, 0.05) is 26.2 Å². The van der Waals surface area contributed by atoms with Crippen LogP contribution in [0.3, 0.4) is 0 Å². The van der Waals surface area contributed by atoms with Crippen LogP contribution in [0.25, 0.3) is 0 Å². The van der Waals surface area contributed by atoms with Crippen LogP contribution in [0.5, 0.6) is 5.75 Å². The summed E-state index contributed by atoms with van der Waals surface area (Å²) in [6.45, 7) is 4.07. The van der Waals surface area contributed by atoms with Crippen molar-refractivity contribution in [2.75, 3.05) is 32.8 Å². The highest BCUT2D eigenvalue weighted by atomic mass is 16.5. The van der Waals surface area contributed by atoms with Gasteiger partial charge in [-0.1, -0.05) is 6.07 Å². The monoisotopic (exact) mass is 286 g/mol. The molecule has 1 aliphatic carbocycles. The molecule has 3 aliphatic rings. The van der Waals surface area contributed by atoms with Crippen LogP contribution in [0.15, 0.2) is 18.2 Å². The Morgan fingerprint density at radius 1 is 1.19 bits per heavy atom. The van der Waals surface area contributed by atoms with Crippen molar-refractivity contribution in [2.24, 2.45) is 11.8 Å².